The molecule has 14 heavy (non-hydrogen) atoms. The van der Waals surface area contributed by atoms with Crippen molar-refractivity contribution in [2.24, 2.45) is 0 Å². The number of rotatable bonds is 8. The fourth-order valence-corrected chi connectivity index (χ4v) is 1.37. The van der Waals surface area contributed by atoms with Gasteiger partial charge in [0.2, 0.25) is 5.91 Å². The van der Waals surface area contributed by atoms with E-state index >= 15 is 0 Å². The molecule has 1 N–H and O–H groups in total. The van der Waals surface area contributed by atoms with Gasteiger partial charge in [-0.3, -0.25) is 10.1 Å². The molecule has 3 heteroatoms. The summed E-state index contributed by atoms with van der Waals surface area (Å²) in [5, 5.41) is 10.3. The Morgan fingerprint density at radius 3 is 2.29 bits per heavy atom. The molecule has 0 atom stereocenters. The van der Waals surface area contributed by atoms with Crippen LogP contribution in [-0.2, 0) is 4.79 Å². The number of unbranched alkanes of at least 4 members (excludes halogenated alkanes) is 6. The molecule has 0 radical (unpaired) electrons. The first kappa shape index (κ1) is 13.0. The van der Waals surface area contributed by atoms with Crippen molar-refractivity contribution < 1.29 is 4.79 Å². The van der Waals surface area contributed by atoms with Crippen molar-refractivity contribution in [1.82, 2.24) is 5.32 Å². The number of nitrogens with one attached hydrogen (secondary N) is 1. The van der Waals surface area contributed by atoms with E-state index in [1.54, 1.807) is 6.19 Å². The molecule has 0 aromatic heterocycles. The van der Waals surface area contributed by atoms with Crippen LogP contribution >= 0.6 is 0 Å². The Morgan fingerprint density at radius 1 is 1.14 bits per heavy atom. The number of hydrogen-bond acceptors (Lipinski definition) is 2. The second-order valence-electron chi connectivity index (χ2n) is 3.53. The predicted molar refractivity (Wildman–Crippen MR) is 56.4 cm³/mol. The topological polar surface area (TPSA) is 52.9 Å². The molecule has 0 spiro atoms. The van der Waals surface area contributed by atoms with E-state index < -0.39 is 0 Å². The van der Waals surface area contributed by atoms with Crippen LogP contribution in [0.25, 0.3) is 0 Å². The Labute approximate surface area is 86.5 Å². The Kier molecular flexibility index (Phi) is 9.30. The molecule has 0 saturated carbocycles. The number of nitriles is 1. The largest absolute Gasteiger partial charge is 0.274 e. The van der Waals surface area contributed by atoms with Gasteiger partial charge in [0.05, 0.1) is 0 Å². The van der Waals surface area contributed by atoms with Gasteiger partial charge in [0.1, 0.15) is 0 Å². The van der Waals surface area contributed by atoms with Gasteiger partial charge in [0, 0.05) is 6.42 Å². The van der Waals surface area contributed by atoms with Crippen LogP contribution in [0.15, 0.2) is 0 Å². The van der Waals surface area contributed by atoms with Gasteiger partial charge in [-0.05, 0) is 6.42 Å². The third-order valence-electron chi connectivity index (χ3n) is 2.20. The number of hydrogen-bond donors (Lipinski definition) is 1. The maximum Gasteiger partial charge on any atom is 0.232 e. The molecule has 0 aromatic rings. The minimum absolute atomic E-state index is 0.152. The lowest BCUT2D eigenvalue weighted by Crippen LogP contribution is -2.16. The lowest BCUT2D eigenvalue weighted by Gasteiger charge is -1.99. The van der Waals surface area contributed by atoms with Crippen molar-refractivity contribution in [1.29, 1.82) is 5.26 Å². The molecule has 0 saturated heterocycles. The van der Waals surface area contributed by atoms with Gasteiger partial charge in [0.25, 0.3) is 0 Å². The van der Waals surface area contributed by atoms with E-state index in [0.29, 0.717) is 6.42 Å². The second kappa shape index (κ2) is 10.0. The van der Waals surface area contributed by atoms with Crippen LogP contribution in [0, 0.1) is 11.5 Å². The minimum Gasteiger partial charge on any atom is -0.274 e. The van der Waals surface area contributed by atoms with Crippen molar-refractivity contribution in [2.75, 3.05) is 0 Å². The van der Waals surface area contributed by atoms with Gasteiger partial charge < -0.3 is 0 Å². The molecule has 0 fully saturated rings. The molecule has 0 unspecified atom stereocenters. The van der Waals surface area contributed by atoms with E-state index in [1.165, 1.54) is 32.1 Å². The SMILES string of the molecule is CCCCCCCCCC(=O)NC#N. The van der Waals surface area contributed by atoms with E-state index in [4.69, 9.17) is 5.26 Å². The number of carbonyl (C=O) groups excluding carboxylic acids is 1. The molecule has 0 bridgehead atoms. The molecular weight excluding hydrogens is 176 g/mol. The summed E-state index contributed by atoms with van der Waals surface area (Å²) in [4.78, 5) is 10.8. The summed E-state index contributed by atoms with van der Waals surface area (Å²) >= 11 is 0. The van der Waals surface area contributed by atoms with Crippen molar-refractivity contribution in [3.8, 4) is 6.19 Å². The highest BCUT2D eigenvalue weighted by Crippen LogP contribution is 2.07. The van der Waals surface area contributed by atoms with Crippen LogP contribution in [0.1, 0.15) is 58.3 Å². The zero-order valence-electron chi connectivity index (χ0n) is 9.01. The average Bonchev–Trinajstić information content (AvgIpc) is 2.17. The second-order valence-corrected chi connectivity index (χ2v) is 3.53. The molecular formula is C11H20N2O. The molecule has 1 amide bonds. The Morgan fingerprint density at radius 2 is 1.71 bits per heavy atom. The summed E-state index contributed by atoms with van der Waals surface area (Å²) in [6.07, 6.45) is 10.5. The van der Waals surface area contributed by atoms with Crippen LogP contribution in [-0.4, -0.2) is 5.91 Å². The molecule has 0 aromatic carbocycles. The Bertz CT molecular complexity index is 184. The van der Waals surface area contributed by atoms with Crippen molar-refractivity contribution in [3.63, 3.8) is 0 Å². The van der Waals surface area contributed by atoms with Gasteiger partial charge >= 0.3 is 0 Å². The van der Waals surface area contributed by atoms with Gasteiger partial charge in [-0.25, -0.2) is 0 Å². The third-order valence-corrected chi connectivity index (χ3v) is 2.20. The predicted octanol–water partition coefficient (Wildman–Crippen LogP) is 2.72. The van der Waals surface area contributed by atoms with Crippen LogP contribution in [0.3, 0.4) is 0 Å². The van der Waals surface area contributed by atoms with Crippen molar-refractivity contribution >= 4 is 5.91 Å². The van der Waals surface area contributed by atoms with E-state index in [-0.39, 0.29) is 5.91 Å². The maximum absolute atomic E-state index is 10.8. The van der Waals surface area contributed by atoms with Crippen LogP contribution in [0.2, 0.25) is 0 Å². The highest BCUT2D eigenvalue weighted by atomic mass is 16.1. The highest BCUT2D eigenvalue weighted by molar-refractivity contribution is 5.77. The van der Waals surface area contributed by atoms with Crippen LogP contribution in [0.5, 0.6) is 0 Å². The first-order valence-electron chi connectivity index (χ1n) is 5.49. The zero-order chi connectivity index (χ0) is 10.6. The van der Waals surface area contributed by atoms with Crippen molar-refractivity contribution in [3.05, 3.63) is 0 Å². The average molecular weight is 196 g/mol. The summed E-state index contributed by atoms with van der Waals surface area (Å²) in [7, 11) is 0. The van der Waals surface area contributed by atoms with Gasteiger partial charge in [-0.15, -0.1) is 0 Å². The van der Waals surface area contributed by atoms with Crippen LogP contribution < -0.4 is 5.32 Å². The number of nitrogens with zero attached hydrogens (tertiary/aromatic N) is 1. The Balaban J connectivity index is 3.06. The lowest BCUT2D eigenvalue weighted by atomic mass is 10.1. The standard InChI is InChI=1S/C11H20N2O/c1-2-3-4-5-6-7-8-9-11(14)13-10-12/h2-9H2,1H3,(H,13,14). The quantitative estimate of drug-likeness (QED) is 0.368. The van der Waals surface area contributed by atoms with Gasteiger partial charge in [-0.2, -0.15) is 5.26 Å². The third kappa shape index (κ3) is 9.05. The van der Waals surface area contributed by atoms with E-state index in [9.17, 15) is 4.79 Å². The molecule has 3 nitrogen and oxygen atoms in total. The minimum atomic E-state index is -0.152. The summed E-state index contributed by atoms with van der Waals surface area (Å²) in [6.45, 7) is 2.20. The zero-order valence-corrected chi connectivity index (χ0v) is 9.01. The smallest absolute Gasteiger partial charge is 0.232 e. The fourth-order valence-electron chi connectivity index (χ4n) is 1.37. The first-order chi connectivity index (χ1) is 6.81. The number of amides is 1. The molecule has 0 aliphatic heterocycles. The first-order valence-corrected chi connectivity index (χ1v) is 5.49. The molecule has 0 aliphatic rings. The monoisotopic (exact) mass is 196 g/mol. The number of carbonyl (C=O) groups is 1. The van der Waals surface area contributed by atoms with Gasteiger partial charge in [-0.1, -0.05) is 45.4 Å². The van der Waals surface area contributed by atoms with Gasteiger partial charge in [0.15, 0.2) is 6.19 Å². The maximum atomic E-state index is 10.8. The summed E-state index contributed by atoms with van der Waals surface area (Å²) in [5.74, 6) is -0.152. The summed E-state index contributed by atoms with van der Waals surface area (Å²) < 4.78 is 0. The summed E-state index contributed by atoms with van der Waals surface area (Å²) in [6, 6.07) is 0. The molecule has 0 rings (SSSR count). The highest BCUT2D eigenvalue weighted by Gasteiger charge is 1.98. The van der Waals surface area contributed by atoms with E-state index in [1.807, 2.05) is 0 Å². The normalized spacial score (nSPS) is 9.43. The fraction of sp³-hybridized carbons (Fsp3) is 0.818. The van der Waals surface area contributed by atoms with Crippen LogP contribution in [0.4, 0.5) is 0 Å². The summed E-state index contributed by atoms with van der Waals surface area (Å²) in [5.41, 5.74) is 0. The Hall–Kier alpha value is -1.04. The van der Waals surface area contributed by atoms with Crippen molar-refractivity contribution in [2.45, 2.75) is 58.3 Å². The molecule has 80 valence electrons. The van der Waals surface area contributed by atoms with E-state index in [0.717, 1.165) is 12.8 Å². The molecule has 0 heterocycles. The lowest BCUT2D eigenvalue weighted by molar-refractivity contribution is -0.120. The van der Waals surface area contributed by atoms with E-state index in [2.05, 4.69) is 12.2 Å². The molecule has 0 aliphatic carbocycles.